The molecule has 2 N–H and O–H groups in total. The molecule has 6 heteroatoms. The number of carboxylic acid groups (broad SMARTS) is 1. The topological polar surface area (TPSA) is 78.9 Å². The van der Waals surface area contributed by atoms with Crippen molar-refractivity contribution in [1.82, 2.24) is 10.2 Å². The van der Waals surface area contributed by atoms with E-state index in [0.717, 1.165) is 16.9 Å². The molecule has 1 aromatic carbocycles. The zero-order valence-electron chi connectivity index (χ0n) is 13.8. The van der Waals surface area contributed by atoms with E-state index in [-0.39, 0.29) is 18.0 Å². The summed E-state index contributed by atoms with van der Waals surface area (Å²) in [5.74, 6) is -0.371. The number of nitrogens with zero attached hydrogens (tertiary/aromatic N) is 1. The number of ether oxygens (including phenoxy) is 1. The van der Waals surface area contributed by atoms with Crippen molar-refractivity contribution in [2.45, 2.75) is 32.7 Å². The number of nitrogens with one attached hydrogen (secondary N) is 1. The minimum atomic E-state index is -0.775. The van der Waals surface area contributed by atoms with E-state index < -0.39 is 5.97 Å². The van der Waals surface area contributed by atoms with Crippen molar-refractivity contribution in [3.8, 4) is 5.75 Å². The normalized spacial score (nSPS) is 16.7. The van der Waals surface area contributed by atoms with Gasteiger partial charge in [-0.25, -0.2) is 4.79 Å². The first kappa shape index (κ1) is 17.1. The minimum Gasteiger partial charge on any atom is -0.496 e. The third-order valence-corrected chi connectivity index (χ3v) is 4.32. The molecule has 1 aliphatic heterocycles. The van der Waals surface area contributed by atoms with Gasteiger partial charge >= 0.3 is 12.0 Å². The van der Waals surface area contributed by atoms with E-state index in [1.807, 2.05) is 32.0 Å². The highest BCUT2D eigenvalue weighted by atomic mass is 16.5. The lowest BCUT2D eigenvalue weighted by atomic mass is 9.97. The summed E-state index contributed by atoms with van der Waals surface area (Å²) >= 11 is 0. The van der Waals surface area contributed by atoms with Crippen LogP contribution in [-0.2, 0) is 4.79 Å². The van der Waals surface area contributed by atoms with Crippen LogP contribution in [-0.4, -0.2) is 42.2 Å². The summed E-state index contributed by atoms with van der Waals surface area (Å²) in [5, 5.41) is 12.0. The fourth-order valence-corrected chi connectivity index (χ4v) is 2.88. The highest BCUT2D eigenvalue weighted by molar-refractivity contribution is 5.76. The molecule has 1 saturated heterocycles. The van der Waals surface area contributed by atoms with Crippen LogP contribution in [0.3, 0.4) is 0 Å². The van der Waals surface area contributed by atoms with Crippen LogP contribution >= 0.6 is 0 Å². The third kappa shape index (κ3) is 4.15. The first-order chi connectivity index (χ1) is 10.9. The first-order valence-corrected chi connectivity index (χ1v) is 7.85. The van der Waals surface area contributed by atoms with Gasteiger partial charge in [-0.2, -0.15) is 0 Å². The van der Waals surface area contributed by atoms with Gasteiger partial charge in [-0.15, -0.1) is 0 Å². The Balaban J connectivity index is 1.98. The van der Waals surface area contributed by atoms with Crippen LogP contribution in [0.1, 0.15) is 36.9 Å². The number of urea groups is 1. The fourth-order valence-electron chi connectivity index (χ4n) is 2.88. The smallest absolute Gasteiger partial charge is 0.317 e. The number of benzene rings is 1. The summed E-state index contributed by atoms with van der Waals surface area (Å²) in [4.78, 5) is 25.0. The maximum absolute atomic E-state index is 12.4. The Labute approximate surface area is 136 Å². The Kier molecular flexibility index (Phi) is 5.47. The number of hydrogen-bond donors (Lipinski definition) is 2. The average Bonchev–Trinajstić information content (AvgIpc) is 2.54. The number of methoxy groups -OCH3 is 1. The number of amides is 2. The van der Waals surface area contributed by atoms with E-state index in [4.69, 9.17) is 9.84 Å². The zero-order valence-corrected chi connectivity index (χ0v) is 13.8. The average molecular weight is 320 g/mol. The number of carbonyl (C=O) groups is 2. The molecule has 1 fully saturated rings. The van der Waals surface area contributed by atoms with Gasteiger partial charge in [-0.05, 0) is 32.8 Å². The minimum absolute atomic E-state index is 0.162. The van der Waals surface area contributed by atoms with Crippen molar-refractivity contribution in [2.24, 2.45) is 5.92 Å². The molecule has 0 bridgehead atoms. The number of carbonyl (C=O) groups excluding carboxylic acids is 1. The van der Waals surface area contributed by atoms with E-state index in [1.165, 1.54) is 0 Å². The summed E-state index contributed by atoms with van der Waals surface area (Å²) in [5.41, 5.74) is 2.03. The summed E-state index contributed by atoms with van der Waals surface area (Å²) < 4.78 is 5.36. The van der Waals surface area contributed by atoms with Gasteiger partial charge in [0.1, 0.15) is 5.75 Å². The Morgan fingerprint density at radius 3 is 2.57 bits per heavy atom. The van der Waals surface area contributed by atoms with Crippen LogP contribution in [0.5, 0.6) is 5.75 Å². The molecule has 0 aromatic heterocycles. The fraction of sp³-hybridized carbons (Fsp3) is 0.529. The van der Waals surface area contributed by atoms with Crippen LogP contribution < -0.4 is 10.1 Å². The summed E-state index contributed by atoms with van der Waals surface area (Å²) in [7, 11) is 1.61. The molecular weight excluding hydrogens is 296 g/mol. The van der Waals surface area contributed by atoms with Crippen molar-refractivity contribution in [2.75, 3.05) is 20.2 Å². The maximum atomic E-state index is 12.4. The van der Waals surface area contributed by atoms with E-state index >= 15 is 0 Å². The molecule has 1 aliphatic rings. The van der Waals surface area contributed by atoms with E-state index in [1.54, 1.807) is 12.0 Å². The highest BCUT2D eigenvalue weighted by Gasteiger charge is 2.27. The van der Waals surface area contributed by atoms with Crippen molar-refractivity contribution in [1.29, 1.82) is 0 Å². The zero-order chi connectivity index (χ0) is 17.0. The summed E-state index contributed by atoms with van der Waals surface area (Å²) in [6.07, 6.45) is 1.01. The lowest BCUT2D eigenvalue weighted by molar-refractivity contribution is -0.143. The van der Waals surface area contributed by atoms with Gasteiger partial charge in [-0.3, -0.25) is 4.79 Å². The van der Waals surface area contributed by atoms with Crippen LogP contribution in [0, 0.1) is 12.8 Å². The molecule has 23 heavy (non-hydrogen) atoms. The van der Waals surface area contributed by atoms with E-state index in [9.17, 15) is 9.59 Å². The Morgan fingerprint density at radius 2 is 2.00 bits per heavy atom. The van der Waals surface area contributed by atoms with Gasteiger partial charge in [0.25, 0.3) is 0 Å². The van der Waals surface area contributed by atoms with Crippen LogP contribution in [0.2, 0.25) is 0 Å². The second-order valence-electron chi connectivity index (χ2n) is 6.02. The number of likely N-dealkylation sites (tertiary alicyclic amines) is 1. The molecule has 1 atom stereocenters. The van der Waals surface area contributed by atoms with Gasteiger partial charge in [0.15, 0.2) is 0 Å². The predicted molar refractivity (Wildman–Crippen MR) is 86.6 cm³/mol. The maximum Gasteiger partial charge on any atom is 0.317 e. The second kappa shape index (κ2) is 7.35. The Hall–Kier alpha value is -2.24. The van der Waals surface area contributed by atoms with Gasteiger partial charge in [0.05, 0.1) is 19.1 Å². The Bertz CT molecular complexity index is 580. The molecule has 2 amide bonds. The van der Waals surface area contributed by atoms with Crippen LogP contribution in [0.25, 0.3) is 0 Å². The number of hydrogen-bond acceptors (Lipinski definition) is 3. The molecule has 126 valence electrons. The molecule has 1 heterocycles. The molecule has 2 rings (SSSR count). The number of aliphatic carboxylic acids is 1. The number of rotatable bonds is 4. The van der Waals surface area contributed by atoms with Crippen molar-refractivity contribution >= 4 is 12.0 Å². The van der Waals surface area contributed by atoms with Gasteiger partial charge in [0.2, 0.25) is 0 Å². The molecular formula is C17H24N2O4. The lowest BCUT2D eigenvalue weighted by Crippen LogP contribution is -2.46. The molecule has 0 radical (unpaired) electrons. The van der Waals surface area contributed by atoms with Crippen molar-refractivity contribution in [3.63, 3.8) is 0 Å². The molecule has 0 unspecified atom stereocenters. The number of aryl methyl sites for hydroxylation is 1. The number of carboxylic acids is 1. The predicted octanol–water partition coefficient (Wildman–Crippen LogP) is 2.57. The van der Waals surface area contributed by atoms with Gasteiger partial charge in [0, 0.05) is 18.7 Å². The van der Waals surface area contributed by atoms with Crippen LogP contribution in [0.15, 0.2) is 18.2 Å². The second-order valence-corrected chi connectivity index (χ2v) is 6.02. The van der Waals surface area contributed by atoms with Crippen molar-refractivity contribution in [3.05, 3.63) is 29.3 Å². The molecule has 1 aromatic rings. The van der Waals surface area contributed by atoms with E-state index in [2.05, 4.69) is 5.32 Å². The SMILES string of the molecule is COc1ccc(C)cc1[C@H](C)NC(=O)N1CCC(C(=O)O)CC1. The highest BCUT2D eigenvalue weighted by Crippen LogP contribution is 2.26. The molecule has 6 nitrogen and oxygen atoms in total. The molecule has 0 spiro atoms. The molecule has 0 saturated carbocycles. The molecule has 0 aliphatic carbocycles. The van der Waals surface area contributed by atoms with Crippen LogP contribution in [0.4, 0.5) is 4.79 Å². The Morgan fingerprint density at radius 1 is 1.35 bits per heavy atom. The van der Waals surface area contributed by atoms with E-state index in [0.29, 0.717) is 25.9 Å². The lowest BCUT2D eigenvalue weighted by Gasteiger charge is -2.31. The number of piperidine rings is 1. The summed E-state index contributed by atoms with van der Waals surface area (Å²) in [6, 6.07) is 5.51. The standard InChI is InChI=1S/C17H24N2O4/c1-11-4-5-15(23-3)14(10-11)12(2)18-17(22)19-8-6-13(7-9-19)16(20)21/h4-5,10,12-13H,6-9H2,1-3H3,(H,18,22)(H,20,21)/t12-/m0/s1. The first-order valence-electron chi connectivity index (χ1n) is 7.85. The quantitative estimate of drug-likeness (QED) is 0.893. The van der Waals surface area contributed by atoms with Gasteiger partial charge in [-0.1, -0.05) is 17.7 Å². The largest absolute Gasteiger partial charge is 0.496 e. The van der Waals surface area contributed by atoms with Gasteiger partial charge < -0.3 is 20.1 Å². The third-order valence-electron chi connectivity index (χ3n) is 4.32. The monoisotopic (exact) mass is 320 g/mol. The van der Waals surface area contributed by atoms with Crippen molar-refractivity contribution < 1.29 is 19.4 Å². The summed E-state index contributed by atoms with van der Waals surface area (Å²) in [6.45, 7) is 4.86.